The summed E-state index contributed by atoms with van der Waals surface area (Å²) in [7, 11) is 0. The van der Waals surface area contributed by atoms with E-state index in [1.54, 1.807) is 0 Å². The van der Waals surface area contributed by atoms with E-state index in [0.717, 1.165) is 13.1 Å². The van der Waals surface area contributed by atoms with E-state index in [0.29, 0.717) is 0 Å². The summed E-state index contributed by atoms with van der Waals surface area (Å²) in [6, 6.07) is 6.56. The van der Waals surface area contributed by atoms with Gasteiger partial charge in [0.25, 0.3) is 0 Å². The molecular weight excluding hydrogens is 276 g/mol. The van der Waals surface area contributed by atoms with Crippen LogP contribution in [0.4, 0.5) is 0 Å². The van der Waals surface area contributed by atoms with Gasteiger partial charge >= 0.3 is 0 Å². The summed E-state index contributed by atoms with van der Waals surface area (Å²) in [6.07, 6.45) is 4.77. The van der Waals surface area contributed by atoms with Gasteiger partial charge in [-0.15, -0.1) is 0 Å². The minimum atomic E-state index is 1.08. The van der Waals surface area contributed by atoms with Gasteiger partial charge in [0.05, 0.1) is 5.52 Å². The van der Waals surface area contributed by atoms with E-state index in [2.05, 4.69) is 60.4 Å². The van der Waals surface area contributed by atoms with Gasteiger partial charge < -0.3 is 0 Å². The summed E-state index contributed by atoms with van der Waals surface area (Å²) in [4.78, 5) is 0. The Balaban J connectivity index is 0.00000106. The van der Waals surface area contributed by atoms with Crippen molar-refractivity contribution in [3.05, 3.63) is 35.5 Å². The van der Waals surface area contributed by atoms with E-state index in [-0.39, 0.29) is 0 Å². The van der Waals surface area contributed by atoms with Crippen LogP contribution in [0.5, 0.6) is 0 Å². The maximum absolute atomic E-state index is 2.44. The number of nitrogens with zero attached hydrogens (tertiary/aromatic N) is 2. The highest BCUT2D eigenvalue weighted by molar-refractivity contribution is 7.95. The zero-order valence-electron chi connectivity index (χ0n) is 14.4. The van der Waals surface area contributed by atoms with Crippen molar-refractivity contribution in [2.24, 2.45) is 0 Å². The molecule has 118 valence electrons. The molecule has 0 aliphatic rings. The van der Waals surface area contributed by atoms with Crippen LogP contribution < -0.4 is 0 Å². The number of hydrogen-bond acceptors (Lipinski definition) is 2. The Labute approximate surface area is 134 Å². The predicted octanol–water partition coefficient (Wildman–Crippen LogP) is 5.82. The van der Waals surface area contributed by atoms with Crippen molar-refractivity contribution in [3.8, 4) is 0 Å². The first-order chi connectivity index (χ1) is 10.2. The lowest BCUT2D eigenvalue weighted by molar-refractivity contribution is 0.477. The molecule has 0 N–H and O–H groups in total. The fourth-order valence-electron chi connectivity index (χ4n) is 2.36. The average molecular weight is 307 g/mol. The largest absolute Gasteiger partial charge is 0.278 e. The van der Waals surface area contributed by atoms with Gasteiger partial charge in [0.15, 0.2) is 0 Å². The number of fused-ring (bicyclic) bond motifs is 1. The number of unbranched alkanes of at least 4 members (excludes halogenated alkanes) is 1. The zero-order chi connectivity index (χ0) is 15.8. The number of aryl methyl sites for hydroxylation is 2. The molecule has 0 saturated heterocycles. The first-order valence-electron chi connectivity index (χ1n) is 8.18. The van der Waals surface area contributed by atoms with E-state index in [4.69, 9.17) is 0 Å². The summed E-state index contributed by atoms with van der Waals surface area (Å²) in [5, 5.41) is 1.37. The minimum Gasteiger partial charge on any atom is -0.278 e. The van der Waals surface area contributed by atoms with Crippen molar-refractivity contribution in [3.63, 3.8) is 0 Å². The standard InChI is InChI=1S/C16H24N2S.C2H6/c1-5-7-11-17(6-2)19-18-12-14(4)15-10-8-9-13(3)16(15)18;1-2/h8-10,12H,5-7,11H2,1-4H3;1-2H3. The third-order valence-corrected chi connectivity index (χ3v) is 4.65. The molecule has 2 rings (SSSR count). The maximum atomic E-state index is 2.44. The summed E-state index contributed by atoms with van der Waals surface area (Å²) in [6.45, 7) is 15.1. The van der Waals surface area contributed by atoms with Crippen molar-refractivity contribution in [1.82, 2.24) is 8.28 Å². The normalized spacial score (nSPS) is 10.8. The van der Waals surface area contributed by atoms with Gasteiger partial charge in [-0.3, -0.25) is 3.97 Å². The second-order valence-electron chi connectivity index (χ2n) is 5.07. The first-order valence-corrected chi connectivity index (χ1v) is 8.91. The lowest BCUT2D eigenvalue weighted by Crippen LogP contribution is -2.18. The van der Waals surface area contributed by atoms with Crippen LogP contribution in [0, 0.1) is 13.8 Å². The van der Waals surface area contributed by atoms with Gasteiger partial charge in [0.1, 0.15) is 0 Å². The van der Waals surface area contributed by atoms with Crippen LogP contribution >= 0.6 is 12.1 Å². The van der Waals surface area contributed by atoms with Crippen LogP contribution in [-0.4, -0.2) is 21.4 Å². The van der Waals surface area contributed by atoms with Crippen molar-refractivity contribution >= 4 is 23.0 Å². The van der Waals surface area contributed by atoms with Crippen molar-refractivity contribution in [2.45, 2.75) is 54.4 Å². The highest BCUT2D eigenvalue weighted by atomic mass is 32.2. The van der Waals surface area contributed by atoms with Gasteiger partial charge in [-0.25, -0.2) is 4.31 Å². The van der Waals surface area contributed by atoms with E-state index in [9.17, 15) is 0 Å². The van der Waals surface area contributed by atoms with Gasteiger partial charge in [-0.05, 0) is 31.4 Å². The third-order valence-electron chi connectivity index (χ3n) is 3.51. The minimum absolute atomic E-state index is 1.08. The third kappa shape index (κ3) is 4.52. The molecule has 0 unspecified atom stereocenters. The van der Waals surface area contributed by atoms with E-state index in [1.807, 2.05) is 26.0 Å². The summed E-state index contributed by atoms with van der Waals surface area (Å²) < 4.78 is 4.77. The molecule has 3 heteroatoms. The summed E-state index contributed by atoms with van der Waals surface area (Å²) in [5.74, 6) is 0. The lowest BCUT2D eigenvalue weighted by atomic mass is 10.1. The van der Waals surface area contributed by atoms with Crippen LogP contribution in [0.3, 0.4) is 0 Å². The van der Waals surface area contributed by atoms with Crippen LogP contribution in [0.2, 0.25) is 0 Å². The average Bonchev–Trinajstić information content (AvgIpc) is 2.83. The fourth-order valence-corrected chi connectivity index (χ4v) is 3.46. The molecule has 21 heavy (non-hydrogen) atoms. The topological polar surface area (TPSA) is 8.17 Å². The Hall–Kier alpha value is -0.930. The Morgan fingerprint density at radius 3 is 2.43 bits per heavy atom. The fraction of sp³-hybridized carbons (Fsp3) is 0.556. The van der Waals surface area contributed by atoms with E-state index >= 15 is 0 Å². The second kappa shape index (κ2) is 9.16. The van der Waals surface area contributed by atoms with Crippen molar-refractivity contribution < 1.29 is 0 Å². The SMILES string of the molecule is CC.CCCCN(CC)Sn1cc(C)c2cccc(C)c21. The molecular formula is C18H30N2S. The van der Waals surface area contributed by atoms with Crippen molar-refractivity contribution in [2.75, 3.05) is 13.1 Å². The quantitative estimate of drug-likeness (QED) is 0.621. The predicted molar refractivity (Wildman–Crippen MR) is 97.9 cm³/mol. The summed E-state index contributed by atoms with van der Waals surface area (Å²) in [5.41, 5.74) is 4.07. The molecule has 0 saturated carbocycles. The number of para-hydroxylation sites is 1. The molecule has 0 atom stereocenters. The maximum Gasteiger partial charge on any atom is 0.0635 e. The van der Waals surface area contributed by atoms with Gasteiger partial charge in [-0.2, -0.15) is 0 Å². The monoisotopic (exact) mass is 306 g/mol. The molecule has 2 nitrogen and oxygen atoms in total. The molecule has 0 spiro atoms. The number of rotatable bonds is 6. The van der Waals surface area contributed by atoms with Crippen LogP contribution in [-0.2, 0) is 0 Å². The number of hydrogen-bond donors (Lipinski definition) is 0. The molecule has 1 aromatic heterocycles. The zero-order valence-corrected chi connectivity index (χ0v) is 15.3. The van der Waals surface area contributed by atoms with Crippen LogP contribution in [0.15, 0.2) is 24.4 Å². The van der Waals surface area contributed by atoms with E-state index < -0.39 is 0 Å². The van der Waals surface area contributed by atoms with Crippen molar-refractivity contribution in [1.29, 1.82) is 0 Å². The molecule has 1 aromatic carbocycles. The van der Waals surface area contributed by atoms with Gasteiger partial charge in [-0.1, -0.05) is 52.3 Å². The lowest BCUT2D eigenvalue weighted by Gasteiger charge is -2.19. The van der Waals surface area contributed by atoms with Crippen LogP contribution in [0.25, 0.3) is 10.9 Å². The van der Waals surface area contributed by atoms with Crippen LogP contribution in [0.1, 0.15) is 51.7 Å². The van der Waals surface area contributed by atoms with E-state index in [1.165, 1.54) is 34.9 Å². The Kier molecular flexibility index (Phi) is 7.91. The second-order valence-corrected chi connectivity index (χ2v) is 6.14. The highest BCUT2D eigenvalue weighted by Crippen LogP contribution is 2.29. The molecule has 0 aliphatic heterocycles. The number of benzene rings is 1. The Bertz CT molecular complexity index is 545. The first kappa shape index (κ1) is 18.1. The molecule has 1 heterocycles. The Morgan fingerprint density at radius 1 is 1.10 bits per heavy atom. The molecule has 0 radical (unpaired) electrons. The molecule has 0 amide bonds. The van der Waals surface area contributed by atoms with Gasteiger partial charge in [0, 0.05) is 36.8 Å². The molecule has 0 fully saturated rings. The Morgan fingerprint density at radius 2 is 1.81 bits per heavy atom. The number of aromatic nitrogens is 1. The smallest absolute Gasteiger partial charge is 0.0635 e. The molecule has 0 aliphatic carbocycles. The summed E-state index contributed by atoms with van der Waals surface area (Å²) >= 11 is 1.84. The molecule has 2 aromatic rings. The van der Waals surface area contributed by atoms with Gasteiger partial charge in [0.2, 0.25) is 0 Å². The highest BCUT2D eigenvalue weighted by Gasteiger charge is 2.11. The molecule has 0 bridgehead atoms.